The molecule has 2 nitrogen and oxygen atoms in total. The molecule has 0 saturated carbocycles. The lowest BCUT2D eigenvalue weighted by molar-refractivity contribution is 1.34. The van der Waals surface area contributed by atoms with E-state index in [0.29, 0.717) is 5.56 Å². The second-order valence-electron chi connectivity index (χ2n) is 4.09. The fraction of sp³-hybridized carbons (Fsp3) is 0.133. The first-order valence-electron chi connectivity index (χ1n) is 5.67. The van der Waals surface area contributed by atoms with Crippen molar-refractivity contribution < 1.29 is 0 Å². The Balaban J connectivity index is 2.12. The van der Waals surface area contributed by atoms with E-state index >= 15 is 0 Å². The number of thioether (sulfide) groups is 1. The van der Waals surface area contributed by atoms with E-state index in [-0.39, 0.29) is 0 Å². The highest BCUT2D eigenvalue weighted by Gasteiger charge is 2.03. The number of anilines is 1. The van der Waals surface area contributed by atoms with Crippen molar-refractivity contribution in [1.82, 2.24) is 0 Å². The smallest absolute Gasteiger partial charge is 0.0991 e. The van der Waals surface area contributed by atoms with Crippen LogP contribution < -0.4 is 5.73 Å². The van der Waals surface area contributed by atoms with Gasteiger partial charge in [-0.25, -0.2) is 0 Å². The summed E-state index contributed by atoms with van der Waals surface area (Å²) >= 11 is 1.70. The topological polar surface area (TPSA) is 49.8 Å². The van der Waals surface area contributed by atoms with Crippen LogP contribution in [0.25, 0.3) is 0 Å². The van der Waals surface area contributed by atoms with Crippen LogP contribution in [-0.4, -0.2) is 0 Å². The van der Waals surface area contributed by atoms with Gasteiger partial charge in [0, 0.05) is 16.3 Å². The van der Waals surface area contributed by atoms with Crippen molar-refractivity contribution in [3.05, 3.63) is 59.2 Å². The van der Waals surface area contributed by atoms with E-state index in [9.17, 15) is 0 Å². The molecule has 0 aliphatic heterocycles. The molecule has 0 spiro atoms. The van der Waals surface area contributed by atoms with Crippen LogP contribution in [0.5, 0.6) is 0 Å². The number of nitrogens with two attached hydrogens (primary N) is 1. The van der Waals surface area contributed by atoms with Crippen molar-refractivity contribution in [2.75, 3.05) is 5.73 Å². The summed E-state index contributed by atoms with van der Waals surface area (Å²) in [6.07, 6.45) is 0. The second kappa shape index (κ2) is 5.61. The molecule has 18 heavy (non-hydrogen) atoms. The summed E-state index contributed by atoms with van der Waals surface area (Å²) in [6, 6.07) is 15.9. The highest BCUT2D eigenvalue weighted by Crippen LogP contribution is 2.30. The van der Waals surface area contributed by atoms with E-state index in [4.69, 9.17) is 11.0 Å². The Morgan fingerprint density at radius 2 is 2.00 bits per heavy atom. The summed E-state index contributed by atoms with van der Waals surface area (Å²) in [7, 11) is 0. The molecule has 0 heterocycles. The van der Waals surface area contributed by atoms with Crippen molar-refractivity contribution in [1.29, 1.82) is 5.26 Å². The van der Waals surface area contributed by atoms with E-state index in [0.717, 1.165) is 27.5 Å². The maximum absolute atomic E-state index is 8.85. The van der Waals surface area contributed by atoms with Gasteiger partial charge in [-0.05, 0) is 36.2 Å². The van der Waals surface area contributed by atoms with Crippen molar-refractivity contribution >= 4 is 17.4 Å². The molecule has 0 atom stereocenters. The zero-order valence-corrected chi connectivity index (χ0v) is 11.0. The molecule has 0 fully saturated rings. The third-order valence-electron chi connectivity index (χ3n) is 2.73. The van der Waals surface area contributed by atoms with Crippen molar-refractivity contribution in [3.8, 4) is 6.07 Å². The average Bonchev–Trinajstić information content (AvgIpc) is 2.41. The van der Waals surface area contributed by atoms with Gasteiger partial charge in [-0.2, -0.15) is 5.26 Å². The number of nitriles is 1. The molecule has 0 radical (unpaired) electrons. The number of nitrogens with zero attached hydrogens (tertiary/aromatic N) is 1. The van der Waals surface area contributed by atoms with Crippen molar-refractivity contribution in [2.45, 2.75) is 17.6 Å². The molecule has 2 aromatic carbocycles. The minimum Gasteiger partial charge on any atom is -0.398 e. The van der Waals surface area contributed by atoms with Gasteiger partial charge >= 0.3 is 0 Å². The molecular weight excluding hydrogens is 240 g/mol. The van der Waals surface area contributed by atoms with E-state index < -0.39 is 0 Å². The maximum Gasteiger partial charge on any atom is 0.0991 e. The molecule has 2 aromatic rings. The Hall–Kier alpha value is -1.92. The first kappa shape index (κ1) is 12.5. The highest BCUT2D eigenvalue weighted by molar-refractivity contribution is 7.98. The number of hydrogen-bond donors (Lipinski definition) is 1. The lowest BCUT2D eigenvalue weighted by atomic mass is 10.2. The van der Waals surface area contributed by atoms with Crippen molar-refractivity contribution in [2.24, 2.45) is 0 Å². The number of para-hydroxylation sites is 1. The minimum atomic E-state index is 0.699. The number of benzene rings is 2. The second-order valence-corrected chi connectivity index (χ2v) is 5.10. The summed E-state index contributed by atoms with van der Waals surface area (Å²) in [5, 5.41) is 8.85. The van der Waals surface area contributed by atoms with Crippen LogP contribution in [0.3, 0.4) is 0 Å². The maximum atomic E-state index is 8.85. The van der Waals surface area contributed by atoms with Gasteiger partial charge in [0.15, 0.2) is 0 Å². The Kier molecular flexibility index (Phi) is 3.91. The molecule has 0 aliphatic carbocycles. The average molecular weight is 254 g/mol. The fourth-order valence-corrected chi connectivity index (χ4v) is 2.66. The van der Waals surface area contributed by atoms with Crippen LogP contribution in [-0.2, 0) is 5.75 Å². The predicted octanol–water partition coefficient (Wildman–Crippen LogP) is 3.74. The summed E-state index contributed by atoms with van der Waals surface area (Å²) in [6.45, 7) is 2.01. The van der Waals surface area contributed by atoms with Gasteiger partial charge in [-0.3, -0.25) is 0 Å². The molecular formula is C15H14N2S. The Morgan fingerprint density at radius 3 is 2.78 bits per heavy atom. The third kappa shape index (κ3) is 2.85. The fourth-order valence-electron chi connectivity index (χ4n) is 1.67. The molecule has 0 aliphatic rings. The molecule has 0 bridgehead atoms. The van der Waals surface area contributed by atoms with Gasteiger partial charge in [0.1, 0.15) is 0 Å². The molecule has 90 valence electrons. The van der Waals surface area contributed by atoms with Gasteiger partial charge in [0.05, 0.1) is 11.6 Å². The number of rotatable bonds is 3. The lowest BCUT2D eigenvalue weighted by Gasteiger charge is -2.07. The normalized spacial score (nSPS) is 10.0. The lowest BCUT2D eigenvalue weighted by Crippen LogP contribution is -1.92. The molecule has 2 rings (SSSR count). The van der Waals surface area contributed by atoms with Crippen LogP contribution >= 0.6 is 11.8 Å². The number of nitrogen functional groups attached to an aromatic ring is 1. The van der Waals surface area contributed by atoms with Crippen LogP contribution in [0.4, 0.5) is 5.69 Å². The van der Waals surface area contributed by atoms with Crippen LogP contribution in [0, 0.1) is 18.3 Å². The predicted molar refractivity (Wildman–Crippen MR) is 76.3 cm³/mol. The Labute approximate surface area is 111 Å². The van der Waals surface area contributed by atoms with Gasteiger partial charge in [-0.15, -0.1) is 11.8 Å². The summed E-state index contributed by atoms with van der Waals surface area (Å²) in [4.78, 5) is 1.09. The summed E-state index contributed by atoms with van der Waals surface area (Å²) in [5.74, 6) is 0.823. The first-order valence-corrected chi connectivity index (χ1v) is 6.66. The van der Waals surface area contributed by atoms with Crippen LogP contribution in [0.1, 0.15) is 16.7 Å². The van der Waals surface area contributed by atoms with E-state index in [1.165, 1.54) is 0 Å². The summed E-state index contributed by atoms with van der Waals surface area (Å²) < 4.78 is 0. The molecule has 0 unspecified atom stereocenters. The largest absolute Gasteiger partial charge is 0.398 e. The van der Waals surface area contributed by atoms with Gasteiger partial charge in [0.2, 0.25) is 0 Å². The van der Waals surface area contributed by atoms with Gasteiger partial charge in [0.25, 0.3) is 0 Å². The minimum absolute atomic E-state index is 0.699. The van der Waals surface area contributed by atoms with E-state index in [1.54, 1.807) is 11.8 Å². The van der Waals surface area contributed by atoms with Gasteiger partial charge < -0.3 is 5.73 Å². The zero-order valence-electron chi connectivity index (χ0n) is 10.2. The summed E-state index contributed by atoms with van der Waals surface area (Å²) in [5.41, 5.74) is 9.82. The van der Waals surface area contributed by atoms with E-state index in [2.05, 4.69) is 6.07 Å². The molecule has 2 N–H and O–H groups in total. The monoisotopic (exact) mass is 254 g/mol. The number of hydrogen-bond acceptors (Lipinski definition) is 3. The molecule has 0 amide bonds. The molecule has 0 aromatic heterocycles. The number of aryl methyl sites for hydroxylation is 1. The standard InChI is InChI=1S/C15H14N2S/c1-11-4-2-7-14(15(11)17)18-10-13-6-3-5-12(8-13)9-16/h2-8H,10,17H2,1H3. The van der Waals surface area contributed by atoms with Crippen molar-refractivity contribution in [3.63, 3.8) is 0 Å². The Bertz CT molecular complexity index is 600. The van der Waals surface area contributed by atoms with E-state index in [1.807, 2.05) is 49.4 Å². The van der Waals surface area contributed by atoms with Gasteiger partial charge in [-0.1, -0.05) is 24.3 Å². The SMILES string of the molecule is Cc1cccc(SCc2cccc(C#N)c2)c1N. The Morgan fingerprint density at radius 1 is 1.22 bits per heavy atom. The first-order chi connectivity index (χ1) is 8.70. The zero-order chi connectivity index (χ0) is 13.0. The third-order valence-corrected chi connectivity index (χ3v) is 3.88. The molecule has 3 heteroatoms. The quantitative estimate of drug-likeness (QED) is 0.670. The molecule has 0 saturated heterocycles. The van der Waals surface area contributed by atoms with Crippen LogP contribution in [0.15, 0.2) is 47.4 Å². The highest BCUT2D eigenvalue weighted by atomic mass is 32.2. The van der Waals surface area contributed by atoms with Crippen LogP contribution in [0.2, 0.25) is 0 Å².